The summed E-state index contributed by atoms with van der Waals surface area (Å²) < 4.78 is 15.7. The van der Waals surface area contributed by atoms with Crippen molar-refractivity contribution in [3.63, 3.8) is 0 Å². The van der Waals surface area contributed by atoms with Crippen molar-refractivity contribution in [2.45, 2.75) is 19.1 Å². The zero-order chi connectivity index (χ0) is 17.6. The van der Waals surface area contributed by atoms with E-state index >= 15 is 0 Å². The molecule has 0 saturated carbocycles. The highest BCUT2D eigenvalue weighted by Gasteiger charge is 2.26. The van der Waals surface area contributed by atoms with Gasteiger partial charge in [-0.25, -0.2) is 4.99 Å². The Morgan fingerprint density at radius 1 is 1.28 bits per heavy atom. The maximum absolute atomic E-state index is 10.3. The van der Waals surface area contributed by atoms with Crippen LogP contribution >= 0.6 is 24.0 Å². The number of nitrogens with zero attached hydrogens (tertiary/aromatic N) is 1. The van der Waals surface area contributed by atoms with E-state index in [0.717, 1.165) is 5.56 Å². The molecule has 0 amide bonds. The second-order valence-electron chi connectivity index (χ2n) is 5.50. The predicted octanol–water partition coefficient (Wildman–Crippen LogP) is 2.23. The molecule has 2 rings (SSSR count). The van der Waals surface area contributed by atoms with Crippen LogP contribution in [0.5, 0.6) is 11.5 Å². The molecular weight excluding hydrogens is 437 g/mol. The fourth-order valence-corrected chi connectivity index (χ4v) is 2.15. The maximum atomic E-state index is 10.3. The summed E-state index contributed by atoms with van der Waals surface area (Å²) in [6.45, 7) is 2.20. The van der Waals surface area contributed by atoms with Crippen molar-refractivity contribution in [1.82, 2.24) is 5.32 Å². The highest BCUT2D eigenvalue weighted by Crippen LogP contribution is 2.27. The Hall–Kier alpha value is -1.94. The Morgan fingerprint density at radius 2 is 2.00 bits per heavy atom. The van der Waals surface area contributed by atoms with E-state index in [1.54, 1.807) is 33.3 Å². The van der Waals surface area contributed by atoms with Crippen LogP contribution in [0.2, 0.25) is 0 Å². The standard InChI is InChI=1S/C17H23N3O4.HI/c1-17(21,15-5-4-8-24-15)11-20-16(18)19-10-12-6-7-13(22-2)14(9-12)23-3;/h4-9,21H,10-11H2,1-3H3,(H3,18,19,20);1H. The lowest BCUT2D eigenvalue weighted by Crippen LogP contribution is -2.41. The molecule has 25 heavy (non-hydrogen) atoms. The summed E-state index contributed by atoms with van der Waals surface area (Å²) in [5.41, 5.74) is 5.60. The predicted molar refractivity (Wildman–Crippen MR) is 107 cm³/mol. The van der Waals surface area contributed by atoms with E-state index in [9.17, 15) is 5.11 Å². The maximum Gasteiger partial charge on any atom is 0.189 e. The number of benzene rings is 1. The van der Waals surface area contributed by atoms with Crippen LogP contribution in [0.3, 0.4) is 0 Å². The first kappa shape index (κ1) is 21.1. The van der Waals surface area contributed by atoms with Crippen LogP contribution < -0.4 is 20.5 Å². The molecule has 0 fully saturated rings. The SMILES string of the molecule is COc1ccc(CN=C(N)NCC(C)(O)c2ccco2)cc1OC.I. The van der Waals surface area contributed by atoms with E-state index in [1.807, 2.05) is 18.2 Å². The Balaban J connectivity index is 0.00000312. The van der Waals surface area contributed by atoms with Crippen LogP contribution in [0.15, 0.2) is 46.0 Å². The van der Waals surface area contributed by atoms with E-state index in [0.29, 0.717) is 23.8 Å². The van der Waals surface area contributed by atoms with Gasteiger partial charge in [-0.15, -0.1) is 24.0 Å². The van der Waals surface area contributed by atoms with Crippen LogP contribution in [0, 0.1) is 0 Å². The largest absolute Gasteiger partial charge is 0.493 e. The number of rotatable bonds is 7. The number of guanidine groups is 1. The number of hydrogen-bond acceptors (Lipinski definition) is 5. The summed E-state index contributed by atoms with van der Waals surface area (Å²) in [6, 6.07) is 8.97. The van der Waals surface area contributed by atoms with E-state index in [-0.39, 0.29) is 36.5 Å². The molecule has 0 aliphatic heterocycles. The van der Waals surface area contributed by atoms with Crippen LogP contribution in [-0.4, -0.2) is 31.8 Å². The minimum atomic E-state index is -1.17. The molecular formula is C17H24IN3O4. The minimum absolute atomic E-state index is 0. The third-order valence-corrected chi connectivity index (χ3v) is 3.55. The molecule has 2 aromatic rings. The summed E-state index contributed by atoms with van der Waals surface area (Å²) >= 11 is 0. The highest BCUT2D eigenvalue weighted by atomic mass is 127. The summed E-state index contributed by atoms with van der Waals surface area (Å²) in [6.07, 6.45) is 1.51. The molecule has 1 aromatic carbocycles. The van der Waals surface area contributed by atoms with Crippen molar-refractivity contribution in [2.24, 2.45) is 10.7 Å². The number of hydrogen-bond donors (Lipinski definition) is 3. The molecule has 1 unspecified atom stereocenters. The van der Waals surface area contributed by atoms with E-state index < -0.39 is 5.60 Å². The summed E-state index contributed by atoms with van der Waals surface area (Å²) in [5, 5.41) is 13.2. The molecule has 0 bridgehead atoms. The molecule has 1 atom stereocenters. The number of ether oxygens (including phenoxy) is 2. The molecule has 0 spiro atoms. The summed E-state index contributed by atoms with van der Waals surface area (Å²) in [7, 11) is 3.17. The number of methoxy groups -OCH3 is 2. The summed E-state index contributed by atoms with van der Waals surface area (Å²) in [5.74, 6) is 1.99. The van der Waals surface area contributed by atoms with Crippen molar-refractivity contribution in [2.75, 3.05) is 20.8 Å². The van der Waals surface area contributed by atoms with Gasteiger partial charge in [-0.3, -0.25) is 0 Å². The molecule has 7 nitrogen and oxygen atoms in total. The Kier molecular flexibility index (Phi) is 8.04. The van der Waals surface area contributed by atoms with Gasteiger partial charge in [-0.1, -0.05) is 6.07 Å². The first-order valence-corrected chi connectivity index (χ1v) is 7.47. The van der Waals surface area contributed by atoms with Crippen molar-refractivity contribution >= 4 is 29.9 Å². The number of nitrogens with one attached hydrogen (secondary N) is 1. The van der Waals surface area contributed by atoms with Gasteiger partial charge in [0.1, 0.15) is 11.4 Å². The third kappa shape index (κ3) is 5.82. The van der Waals surface area contributed by atoms with E-state index in [4.69, 9.17) is 19.6 Å². The number of nitrogens with two attached hydrogens (primary N) is 1. The molecule has 0 saturated heterocycles. The monoisotopic (exact) mass is 461 g/mol. The molecule has 0 aliphatic rings. The highest BCUT2D eigenvalue weighted by molar-refractivity contribution is 14.0. The van der Waals surface area contributed by atoms with Crippen LogP contribution in [0.4, 0.5) is 0 Å². The number of halogens is 1. The topological polar surface area (TPSA) is 102 Å². The molecule has 138 valence electrons. The Bertz CT molecular complexity index is 687. The normalized spacial score (nSPS) is 13.5. The summed E-state index contributed by atoms with van der Waals surface area (Å²) in [4.78, 5) is 4.25. The number of furan rings is 1. The molecule has 4 N–H and O–H groups in total. The number of aliphatic hydroxyl groups is 1. The van der Waals surface area contributed by atoms with Gasteiger partial charge in [0.15, 0.2) is 17.5 Å². The lowest BCUT2D eigenvalue weighted by molar-refractivity contribution is 0.0387. The second-order valence-corrected chi connectivity index (χ2v) is 5.50. The van der Waals surface area contributed by atoms with Crippen LogP contribution in [0.1, 0.15) is 18.2 Å². The molecule has 8 heteroatoms. The van der Waals surface area contributed by atoms with Crippen molar-refractivity contribution < 1.29 is 19.0 Å². The fraction of sp³-hybridized carbons (Fsp3) is 0.353. The lowest BCUT2D eigenvalue weighted by atomic mass is 10.0. The molecule has 1 heterocycles. The van der Waals surface area contributed by atoms with Crippen LogP contribution in [0.25, 0.3) is 0 Å². The zero-order valence-electron chi connectivity index (χ0n) is 14.5. The zero-order valence-corrected chi connectivity index (χ0v) is 16.8. The average molecular weight is 461 g/mol. The smallest absolute Gasteiger partial charge is 0.189 e. The first-order valence-electron chi connectivity index (χ1n) is 7.47. The molecule has 1 aromatic heterocycles. The second kappa shape index (κ2) is 9.52. The first-order chi connectivity index (χ1) is 11.5. The lowest BCUT2D eigenvalue weighted by Gasteiger charge is -2.21. The van der Waals surface area contributed by atoms with Crippen molar-refractivity contribution in [1.29, 1.82) is 0 Å². The quantitative estimate of drug-likeness (QED) is 0.332. The average Bonchev–Trinajstić information content (AvgIpc) is 3.13. The van der Waals surface area contributed by atoms with Gasteiger partial charge in [0, 0.05) is 0 Å². The third-order valence-electron chi connectivity index (χ3n) is 3.55. The van der Waals surface area contributed by atoms with Gasteiger partial charge < -0.3 is 30.0 Å². The Morgan fingerprint density at radius 3 is 2.60 bits per heavy atom. The van der Waals surface area contributed by atoms with Crippen molar-refractivity contribution in [3.05, 3.63) is 47.9 Å². The van der Waals surface area contributed by atoms with Gasteiger partial charge in [-0.05, 0) is 36.8 Å². The fourth-order valence-electron chi connectivity index (χ4n) is 2.15. The van der Waals surface area contributed by atoms with Crippen molar-refractivity contribution in [3.8, 4) is 11.5 Å². The van der Waals surface area contributed by atoms with Gasteiger partial charge in [-0.2, -0.15) is 0 Å². The van der Waals surface area contributed by atoms with Gasteiger partial charge in [0.25, 0.3) is 0 Å². The Labute approximate surface area is 164 Å². The van der Waals surface area contributed by atoms with E-state index in [2.05, 4.69) is 10.3 Å². The molecule has 0 aliphatic carbocycles. The minimum Gasteiger partial charge on any atom is -0.493 e. The van der Waals surface area contributed by atoms with E-state index in [1.165, 1.54) is 6.26 Å². The van der Waals surface area contributed by atoms with Gasteiger partial charge in [0.05, 0.1) is 33.6 Å². The molecule has 0 radical (unpaired) electrons. The van der Waals surface area contributed by atoms with Gasteiger partial charge in [0.2, 0.25) is 0 Å². The van der Waals surface area contributed by atoms with Gasteiger partial charge >= 0.3 is 0 Å². The van der Waals surface area contributed by atoms with Crippen LogP contribution in [-0.2, 0) is 12.1 Å². The number of aliphatic imine (C=N–C) groups is 1.